The number of hydrogen-bond donors (Lipinski definition) is 1. The van der Waals surface area contributed by atoms with E-state index in [-0.39, 0.29) is 0 Å². The van der Waals surface area contributed by atoms with Crippen LogP contribution in [-0.2, 0) is 0 Å². The van der Waals surface area contributed by atoms with Crippen molar-refractivity contribution in [3.63, 3.8) is 0 Å². The predicted molar refractivity (Wildman–Crippen MR) is 56.3 cm³/mol. The molecule has 14 heavy (non-hydrogen) atoms. The summed E-state index contributed by atoms with van der Waals surface area (Å²) >= 11 is 0. The van der Waals surface area contributed by atoms with Crippen molar-refractivity contribution in [2.75, 3.05) is 18.0 Å². The van der Waals surface area contributed by atoms with E-state index in [0.717, 1.165) is 24.6 Å². The fourth-order valence-electron chi connectivity index (χ4n) is 1.52. The monoisotopic (exact) mass is 192 g/mol. The molecular weight excluding hydrogens is 176 g/mol. The number of hydrogen-bond acceptors (Lipinski definition) is 4. The van der Waals surface area contributed by atoms with Gasteiger partial charge in [0.2, 0.25) is 0 Å². The minimum atomic E-state index is 0.319. The highest BCUT2D eigenvalue weighted by atomic mass is 15.2. The van der Waals surface area contributed by atoms with E-state index in [2.05, 4.69) is 28.7 Å². The number of nitrogens with two attached hydrogens (primary N) is 1. The standard InChI is InChI=1S/C10H16N4/c1-7(2)10-12-3-9(4-13-10)14-5-8(11)6-14/h3-4,7-8H,5-6,11H2,1-2H3. The number of rotatable bonds is 2. The third-order valence-corrected chi connectivity index (χ3v) is 2.45. The van der Waals surface area contributed by atoms with Gasteiger partial charge in [-0.2, -0.15) is 0 Å². The van der Waals surface area contributed by atoms with Crippen LogP contribution in [-0.4, -0.2) is 29.1 Å². The molecule has 1 saturated heterocycles. The lowest BCUT2D eigenvalue weighted by Gasteiger charge is -2.38. The minimum Gasteiger partial charge on any atom is -0.366 e. The Morgan fingerprint density at radius 1 is 1.36 bits per heavy atom. The lowest BCUT2D eigenvalue weighted by Crippen LogP contribution is -2.55. The molecule has 1 aliphatic rings. The average Bonchev–Trinajstić information content (AvgIpc) is 2.13. The van der Waals surface area contributed by atoms with Crippen LogP contribution >= 0.6 is 0 Å². The summed E-state index contributed by atoms with van der Waals surface area (Å²) in [6, 6.07) is 0.319. The Labute approximate surface area is 84.2 Å². The molecule has 0 radical (unpaired) electrons. The molecule has 1 aromatic heterocycles. The zero-order valence-corrected chi connectivity index (χ0v) is 8.64. The van der Waals surface area contributed by atoms with Crippen LogP contribution in [0.5, 0.6) is 0 Å². The number of aromatic nitrogens is 2. The second kappa shape index (κ2) is 3.53. The zero-order chi connectivity index (χ0) is 10.1. The third kappa shape index (κ3) is 1.70. The van der Waals surface area contributed by atoms with E-state index in [1.807, 2.05) is 12.4 Å². The zero-order valence-electron chi connectivity index (χ0n) is 8.64. The maximum Gasteiger partial charge on any atom is 0.130 e. The minimum absolute atomic E-state index is 0.319. The average molecular weight is 192 g/mol. The van der Waals surface area contributed by atoms with E-state index >= 15 is 0 Å². The van der Waals surface area contributed by atoms with E-state index in [0.29, 0.717) is 12.0 Å². The fraction of sp³-hybridized carbons (Fsp3) is 0.600. The van der Waals surface area contributed by atoms with Crippen LogP contribution in [0.3, 0.4) is 0 Å². The van der Waals surface area contributed by atoms with E-state index < -0.39 is 0 Å². The second-order valence-electron chi connectivity index (χ2n) is 4.12. The molecule has 1 aliphatic heterocycles. The SMILES string of the molecule is CC(C)c1ncc(N2CC(N)C2)cn1. The summed E-state index contributed by atoms with van der Waals surface area (Å²) < 4.78 is 0. The van der Waals surface area contributed by atoms with Crippen molar-refractivity contribution in [1.82, 2.24) is 9.97 Å². The van der Waals surface area contributed by atoms with Crippen LogP contribution in [0.15, 0.2) is 12.4 Å². The van der Waals surface area contributed by atoms with Crippen LogP contribution in [0.4, 0.5) is 5.69 Å². The Morgan fingerprint density at radius 2 is 1.93 bits per heavy atom. The maximum absolute atomic E-state index is 5.70. The van der Waals surface area contributed by atoms with Gasteiger partial charge in [-0.05, 0) is 0 Å². The Bertz CT molecular complexity index is 300. The Hall–Kier alpha value is -1.16. The van der Waals surface area contributed by atoms with Crippen LogP contribution in [0.25, 0.3) is 0 Å². The van der Waals surface area contributed by atoms with Gasteiger partial charge in [0.15, 0.2) is 0 Å². The quantitative estimate of drug-likeness (QED) is 0.751. The van der Waals surface area contributed by atoms with Crippen LogP contribution < -0.4 is 10.6 Å². The Morgan fingerprint density at radius 3 is 2.36 bits per heavy atom. The summed E-state index contributed by atoms with van der Waals surface area (Å²) in [5.41, 5.74) is 6.78. The molecule has 2 N–H and O–H groups in total. The van der Waals surface area contributed by atoms with Crippen molar-refractivity contribution in [2.45, 2.75) is 25.8 Å². The Kier molecular flexibility index (Phi) is 2.37. The summed E-state index contributed by atoms with van der Waals surface area (Å²) in [6.45, 7) is 6.03. The largest absolute Gasteiger partial charge is 0.366 e. The molecule has 0 amide bonds. The molecule has 0 atom stereocenters. The van der Waals surface area contributed by atoms with Gasteiger partial charge in [0.05, 0.1) is 18.1 Å². The summed E-state index contributed by atoms with van der Waals surface area (Å²) in [5.74, 6) is 1.29. The molecule has 1 fully saturated rings. The molecule has 0 spiro atoms. The number of nitrogens with zero attached hydrogens (tertiary/aromatic N) is 3. The van der Waals surface area contributed by atoms with E-state index in [4.69, 9.17) is 5.73 Å². The summed E-state index contributed by atoms with van der Waals surface area (Å²) in [5, 5.41) is 0. The van der Waals surface area contributed by atoms with Crippen molar-refractivity contribution in [1.29, 1.82) is 0 Å². The lowest BCUT2D eigenvalue weighted by atomic mass is 10.1. The van der Waals surface area contributed by atoms with Gasteiger partial charge in [-0.3, -0.25) is 0 Å². The molecule has 76 valence electrons. The predicted octanol–water partition coefficient (Wildman–Crippen LogP) is 0.747. The molecule has 2 rings (SSSR count). The van der Waals surface area contributed by atoms with Gasteiger partial charge >= 0.3 is 0 Å². The molecule has 2 heterocycles. The number of anilines is 1. The lowest BCUT2D eigenvalue weighted by molar-refractivity contribution is 0.517. The van der Waals surface area contributed by atoms with Gasteiger partial charge in [0.1, 0.15) is 5.82 Å². The van der Waals surface area contributed by atoms with Gasteiger partial charge in [0.25, 0.3) is 0 Å². The molecule has 0 aliphatic carbocycles. The van der Waals surface area contributed by atoms with Crippen molar-refractivity contribution in [3.8, 4) is 0 Å². The summed E-state index contributed by atoms with van der Waals surface area (Å²) in [6.07, 6.45) is 3.77. The van der Waals surface area contributed by atoms with Crippen molar-refractivity contribution in [2.24, 2.45) is 5.73 Å². The molecule has 4 nitrogen and oxygen atoms in total. The first-order chi connectivity index (χ1) is 6.66. The smallest absolute Gasteiger partial charge is 0.130 e. The van der Waals surface area contributed by atoms with E-state index in [1.54, 1.807) is 0 Å². The van der Waals surface area contributed by atoms with Gasteiger partial charge in [-0.15, -0.1) is 0 Å². The highest BCUT2D eigenvalue weighted by Gasteiger charge is 2.23. The summed E-state index contributed by atoms with van der Waals surface area (Å²) in [4.78, 5) is 10.8. The highest BCUT2D eigenvalue weighted by Crippen LogP contribution is 2.18. The first kappa shape index (κ1) is 9.40. The van der Waals surface area contributed by atoms with Gasteiger partial charge in [-0.1, -0.05) is 13.8 Å². The fourth-order valence-corrected chi connectivity index (χ4v) is 1.52. The van der Waals surface area contributed by atoms with Crippen LogP contribution in [0, 0.1) is 0 Å². The molecular formula is C10H16N4. The van der Waals surface area contributed by atoms with Crippen molar-refractivity contribution in [3.05, 3.63) is 18.2 Å². The molecule has 1 aromatic rings. The van der Waals surface area contributed by atoms with Crippen molar-refractivity contribution >= 4 is 5.69 Å². The van der Waals surface area contributed by atoms with Gasteiger partial charge < -0.3 is 10.6 Å². The van der Waals surface area contributed by atoms with Crippen LogP contribution in [0.1, 0.15) is 25.6 Å². The highest BCUT2D eigenvalue weighted by molar-refractivity contribution is 5.45. The maximum atomic E-state index is 5.70. The normalized spacial score (nSPS) is 17.3. The van der Waals surface area contributed by atoms with E-state index in [1.165, 1.54) is 0 Å². The molecule has 4 heteroatoms. The third-order valence-electron chi connectivity index (χ3n) is 2.45. The van der Waals surface area contributed by atoms with E-state index in [9.17, 15) is 0 Å². The topological polar surface area (TPSA) is 55.0 Å². The second-order valence-corrected chi connectivity index (χ2v) is 4.12. The molecule has 0 unspecified atom stereocenters. The molecule has 0 bridgehead atoms. The van der Waals surface area contributed by atoms with Gasteiger partial charge in [0, 0.05) is 25.0 Å². The molecule has 0 aromatic carbocycles. The van der Waals surface area contributed by atoms with Gasteiger partial charge in [-0.25, -0.2) is 9.97 Å². The summed E-state index contributed by atoms with van der Waals surface area (Å²) in [7, 11) is 0. The first-order valence-electron chi connectivity index (χ1n) is 4.99. The van der Waals surface area contributed by atoms with Crippen LogP contribution in [0.2, 0.25) is 0 Å². The van der Waals surface area contributed by atoms with Crippen molar-refractivity contribution < 1.29 is 0 Å². The molecule has 0 saturated carbocycles. The first-order valence-corrected chi connectivity index (χ1v) is 4.99. The Balaban J connectivity index is 2.07.